The molecule has 3 heteroatoms. The molecular formula is C9H11N3. The van der Waals surface area contributed by atoms with Crippen LogP contribution in [0.15, 0.2) is 29.5 Å². The molecular weight excluding hydrogens is 150 g/mol. The molecule has 1 aromatic rings. The molecule has 2 heterocycles. The standard InChI is InChI=1S/C9H11N3/c1-3-8(7-10-4-1)9-11-5-2-6-12-9/h1,3-4,7H,2,5-6H2,(H,11,12). The Morgan fingerprint density at radius 3 is 3.08 bits per heavy atom. The lowest BCUT2D eigenvalue weighted by atomic mass is 10.2. The van der Waals surface area contributed by atoms with E-state index in [1.807, 2.05) is 18.3 Å². The van der Waals surface area contributed by atoms with Crippen molar-refractivity contribution in [2.45, 2.75) is 6.42 Å². The predicted molar refractivity (Wildman–Crippen MR) is 48.3 cm³/mol. The number of rotatable bonds is 1. The fraction of sp³-hybridized carbons (Fsp3) is 0.333. The van der Waals surface area contributed by atoms with Crippen molar-refractivity contribution in [1.82, 2.24) is 10.3 Å². The Hall–Kier alpha value is -1.38. The minimum atomic E-state index is 0.928. The first-order valence-electron chi connectivity index (χ1n) is 4.15. The lowest BCUT2D eigenvalue weighted by molar-refractivity contribution is 0.742. The van der Waals surface area contributed by atoms with E-state index in [9.17, 15) is 0 Å². The van der Waals surface area contributed by atoms with Crippen molar-refractivity contribution in [2.24, 2.45) is 4.99 Å². The van der Waals surface area contributed by atoms with Crippen LogP contribution in [0.2, 0.25) is 0 Å². The fourth-order valence-electron chi connectivity index (χ4n) is 1.23. The summed E-state index contributed by atoms with van der Waals surface area (Å²) in [5, 5.41) is 3.25. The topological polar surface area (TPSA) is 37.3 Å². The third kappa shape index (κ3) is 1.44. The maximum Gasteiger partial charge on any atom is 0.129 e. The van der Waals surface area contributed by atoms with E-state index in [0.29, 0.717) is 0 Å². The van der Waals surface area contributed by atoms with Crippen molar-refractivity contribution >= 4 is 5.84 Å². The molecule has 0 bridgehead atoms. The van der Waals surface area contributed by atoms with Gasteiger partial charge in [0, 0.05) is 31.0 Å². The Labute approximate surface area is 71.6 Å². The third-order valence-corrected chi connectivity index (χ3v) is 1.83. The summed E-state index contributed by atoms with van der Waals surface area (Å²) in [6, 6.07) is 3.94. The number of nitrogens with one attached hydrogen (secondary N) is 1. The van der Waals surface area contributed by atoms with E-state index in [-0.39, 0.29) is 0 Å². The minimum Gasteiger partial charge on any atom is -0.370 e. The Morgan fingerprint density at radius 2 is 2.42 bits per heavy atom. The molecule has 0 atom stereocenters. The van der Waals surface area contributed by atoms with Crippen LogP contribution in [0, 0.1) is 0 Å². The zero-order valence-corrected chi connectivity index (χ0v) is 6.83. The Kier molecular flexibility index (Phi) is 2.03. The summed E-state index contributed by atoms with van der Waals surface area (Å²) < 4.78 is 0. The highest BCUT2D eigenvalue weighted by Gasteiger charge is 2.05. The number of amidine groups is 1. The average molecular weight is 161 g/mol. The summed E-state index contributed by atoms with van der Waals surface area (Å²) >= 11 is 0. The first-order chi connectivity index (χ1) is 5.97. The van der Waals surface area contributed by atoms with E-state index in [0.717, 1.165) is 30.9 Å². The second-order valence-corrected chi connectivity index (χ2v) is 2.75. The molecule has 0 radical (unpaired) electrons. The lowest BCUT2D eigenvalue weighted by Crippen LogP contribution is -2.30. The molecule has 1 aliphatic heterocycles. The molecule has 0 aliphatic carbocycles. The van der Waals surface area contributed by atoms with Gasteiger partial charge in [0.1, 0.15) is 5.84 Å². The first kappa shape index (κ1) is 7.28. The highest BCUT2D eigenvalue weighted by atomic mass is 15.0. The second-order valence-electron chi connectivity index (χ2n) is 2.75. The summed E-state index contributed by atoms with van der Waals surface area (Å²) in [5.74, 6) is 0.981. The molecule has 0 fully saturated rings. The van der Waals surface area contributed by atoms with Crippen LogP contribution in [0.3, 0.4) is 0 Å². The summed E-state index contributed by atoms with van der Waals surface area (Å²) in [4.78, 5) is 8.40. The zero-order chi connectivity index (χ0) is 8.23. The first-order valence-corrected chi connectivity index (χ1v) is 4.15. The van der Waals surface area contributed by atoms with Gasteiger partial charge in [0.15, 0.2) is 0 Å². The van der Waals surface area contributed by atoms with E-state index in [2.05, 4.69) is 15.3 Å². The van der Waals surface area contributed by atoms with Crippen LogP contribution >= 0.6 is 0 Å². The molecule has 1 aromatic heterocycles. The molecule has 0 unspecified atom stereocenters. The summed E-state index contributed by atoms with van der Waals surface area (Å²) in [6.45, 7) is 1.95. The van der Waals surface area contributed by atoms with Crippen LogP contribution < -0.4 is 5.32 Å². The molecule has 0 amide bonds. The Morgan fingerprint density at radius 1 is 1.42 bits per heavy atom. The maximum absolute atomic E-state index is 4.37. The quantitative estimate of drug-likeness (QED) is 0.662. The lowest BCUT2D eigenvalue weighted by Gasteiger charge is -2.13. The van der Waals surface area contributed by atoms with Crippen LogP contribution in [0.5, 0.6) is 0 Å². The molecule has 62 valence electrons. The average Bonchev–Trinajstić information content (AvgIpc) is 2.21. The molecule has 2 rings (SSSR count). The van der Waals surface area contributed by atoms with Crippen LogP contribution in [-0.4, -0.2) is 23.9 Å². The highest BCUT2D eigenvalue weighted by Crippen LogP contribution is 2.00. The molecule has 0 saturated carbocycles. The molecule has 0 saturated heterocycles. The van der Waals surface area contributed by atoms with Crippen LogP contribution in [0.25, 0.3) is 0 Å². The smallest absolute Gasteiger partial charge is 0.129 e. The van der Waals surface area contributed by atoms with Crippen molar-refractivity contribution in [2.75, 3.05) is 13.1 Å². The van der Waals surface area contributed by atoms with Crippen molar-refractivity contribution in [3.63, 3.8) is 0 Å². The maximum atomic E-state index is 4.37. The van der Waals surface area contributed by atoms with Gasteiger partial charge in [0.25, 0.3) is 0 Å². The van der Waals surface area contributed by atoms with Gasteiger partial charge in [-0.05, 0) is 18.6 Å². The molecule has 12 heavy (non-hydrogen) atoms. The Balaban J connectivity index is 2.24. The number of aromatic nitrogens is 1. The van der Waals surface area contributed by atoms with Gasteiger partial charge in [0.2, 0.25) is 0 Å². The van der Waals surface area contributed by atoms with Crippen molar-refractivity contribution in [3.8, 4) is 0 Å². The number of hydrogen-bond donors (Lipinski definition) is 1. The van der Waals surface area contributed by atoms with Gasteiger partial charge in [0.05, 0.1) is 0 Å². The molecule has 1 aliphatic rings. The molecule has 0 aromatic carbocycles. The monoisotopic (exact) mass is 161 g/mol. The third-order valence-electron chi connectivity index (χ3n) is 1.83. The van der Waals surface area contributed by atoms with Gasteiger partial charge in [-0.1, -0.05) is 0 Å². The molecule has 0 spiro atoms. The molecule has 3 nitrogen and oxygen atoms in total. The van der Waals surface area contributed by atoms with Crippen LogP contribution in [0.1, 0.15) is 12.0 Å². The van der Waals surface area contributed by atoms with Gasteiger partial charge in [-0.25, -0.2) is 0 Å². The van der Waals surface area contributed by atoms with Gasteiger partial charge >= 0.3 is 0 Å². The largest absolute Gasteiger partial charge is 0.370 e. The van der Waals surface area contributed by atoms with E-state index in [4.69, 9.17) is 0 Å². The van der Waals surface area contributed by atoms with Gasteiger partial charge in [-0.2, -0.15) is 0 Å². The SMILES string of the molecule is c1cncc(C2=NCCCN2)c1. The summed E-state index contributed by atoms with van der Waals surface area (Å²) in [6.07, 6.45) is 4.73. The minimum absolute atomic E-state index is 0.928. The van der Waals surface area contributed by atoms with E-state index in [1.54, 1.807) is 6.20 Å². The Bertz CT molecular complexity index is 279. The van der Waals surface area contributed by atoms with E-state index >= 15 is 0 Å². The normalized spacial score (nSPS) is 16.5. The van der Waals surface area contributed by atoms with Gasteiger partial charge in [-0.15, -0.1) is 0 Å². The highest BCUT2D eigenvalue weighted by molar-refractivity contribution is 5.98. The second kappa shape index (κ2) is 3.34. The van der Waals surface area contributed by atoms with Gasteiger partial charge in [-0.3, -0.25) is 9.98 Å². The van der Waals surface area contributed by atoms with Crippen LogP contribution in [-0.2, 0) is 0 Å². The zero-order valence-electron chi connectivity index (χ0n) is 6.83. The van der Waals surface area contributed by atoms with Gasteiger partial charge < -0.3 is 5.32 Å². The summed E-state index contributed by atoms with van der Waals surface area (Å²) in [5.41, 5.74) is 1.08. The number of nitrogens with zero attached hydrogens (tertiary/aromatic N) is 2. The molecule has 1 N–H and O–H groups in total. The summed E-state index contributed by atoms with van der Waals surface area (Å²) in [7, 11) is 0. The van der Waals surface area contributed by atoms with Crippen LogP contribution in [0.4, 0.5) is 0 Å². The van der Waals surface area contributed by atoms with Crippen molar-refractivity contribution in [1.29, 1.82) is 0 Å². The van der Waals surface area contributed by atoms with E-state index in [1.165, 1.54) is 0 Å². The predicted octanol–water partition coefficient (Wildman–Crippen LogP) is 0.822. The number of pyridine rings is 1. The van der Waals surface area contributed by atoms with Crippen molar-refractivity contribution < 1.29 is 0 Å². The van der Waals surface area contributed by atoms with Crippen molar-refractivity contribution in [3.05, 3.63) is 30.1 Å². The number of hydrogen-bond acceptors (Lipinski definition) is 3. The number of aliphatic imine (C=N–C) groups is 1. The van der Waals surface area contributed by atoms with E-state index < -0.39 is 0 Å². The fourth-order valence-corrected chi connectivity index (χ4v) is 1.23.